The van der Waals surface area contributed by atoms with Crippen molar-refractivity contribution in [2.24, 2.45) is 5.92 Å². The molecular formula is C24H27ClN4O2. The van der Waals surface area contributed by atoms with Crippen molar-refractivity contribution in [1.29, 1.82) is 0 Å². The van der Waals surface area contributed by atoms with Crippen LogP contribution < -0.4 is 5.32 Å². The van der Waals surface area contributed by atoms with Crippen molar-refractivity contribution in [2.75, 3.05) is 19.6 Å². The number of carbonyl (C=O) groups excluding carboxylic acids is 2. The molecule has 1 fully saturated rings. The number of para-hydroxylation sites is 2. The summed E-state index contributed by atoms with van der Waals surface area (Å²) >= 11 is 5.98. The summed E-state index contributed by atoms with van der Waals surface area (Å²) in [7, 11) is 0. The molecule has 2 heterocycles. The maximum Gasteiger partial charge on any atom is 0.251 e. The lowest BCUT2D eigenvalue weighted by molar-refractivity contribution is -0.133. The molecule has 31 heavy (non-hydrogen) atoms. The van der Waals surface area contributed by atoms with Crippen molar-refractivity contribution in [3.05, 3.63) is 64.9 Å². The van der Waals surface area contributed by atoms with Crippen molar-refractivity contribution < 1.29 is 9.59 Å². The Kier molecular flexibility index (Phi) is 6.56. The Balaban J connectivity index is 1.46. The van der Waals surface area contributed by atoms with Crippen LogP contribution >= 0.6 is 11.6 Å². The molecule has 162 valence electrons. The molecule has 6 nitrogen and oxygen atoms in total. The van der Waals surface area contributed by atoms with Crippen molar-refractivity contribution in [1.82, 2.24) is 19.8 Å². The summed E-state index contributed by atoms with van der Waals surface area (Å²) in [6.45, 7) is 4.56. The van der Waals surface area contributed by atoms with E-state index in [4.69, 9.17) is 16.6 Å². The van der Waals surface area contributed by atoms with Crippen molar-refractivity contribution >= 4 is 34.4 Å². The second kappa shape index (κ2) is 9.52. The summed E-state index contributed by atoms with van der Waals surface area (Å²) in [5, 5.41) is 3.45. The van der Waals surface area contributed by atoms with Crippen molar-refractivity contribution in [3.8, 4) is 0 Å². The molecule has 0 radical (unpaired) electrons. The van der Waals surface area contributed by atoms with Gasteiger partial charge in [-0.2, -0.15) is 0 Å². The summed E-state index contributed by atoms with van der Waals surface area (Å²) in [6, 6.07) is 14.7. The van der Waals surface area contributed by atoms with Gasteiger partial charge in [-0.1, -0.05) is 36.7 Å². The summed E-state index contributed by atoms with van der Waals surface area (Å²) < 4.78 is 1.99. The number of piperidine rings is 1. The molecule has 2 aromatic carbocycles. The quantitative estimate of drug-likeness (QED) is 0.634. The van der Waals surface area contributed by atoms with Crippen LogP contribution in [0.2, 0.25) is 5.02 Å². The van der Waals surface area contributed by atoms with E-state index in [1.54, 1.807) is 24.3 Å². The van der Waals surface area contributed by atoms with E-state index in [0.29, 0.717) is 29.5 Å². The van der Waals surface area contributed by atoms with E-state index in [1.165, 1.54) is 0 Å². The third kappa shape index (κ3) is 5.07. The average molecular weight is 439 g/mol. The van der Waals surface area contributed by atoms with Crippen LogP contribution in [0.15, 0.2) is 48.5 Å². The molecule has 4 rings (SSSR count). The molecule has 1 N–H and O–H groups in total. The number of halogens is 1. The first-order valence-electron chi connectivity index (χ1n) is 10.8. The van der Waals surface area contributed by atoms with Gasteiger partial charge in [-0.25, -0.2) is 4.98 Å². The van der Waals surface area contributed by atoms with Crippen LogP contribution in [-0.2, 0) is 17.8 Å². The third-order valence-corrected chi connectivity index (χ3v) is 6.12. The number of likely N-dealkylation sites (tertiary alicyclic amines) is 1. The van der Waals surface area contributed by atoms with E-state index in [1.807, 2.05) is 33.7 Å². The summed E-state index contributed by atoms with van der Waals surface area (Å²) in [6.07, 6.45) is 2.64. The molecule has 0 bridgehead atoms. The predicted molar refractivity (Wildman–Crippen MR) is 122 cm³/mol. The standard InChI is InChI=1S/C24H27ClN4O2/c1-17-10-13-28(14-11-17)23(30)16-29-21-8-3-2-7-20(21)27-22(29)9-12-26-24(31)18-5-4-6-19(25)15-18/h2-8,15,17H,9-14,16H2,1H3,(H,26,31). The normalized spacial score (nSPS) is 14.7. The van der Waals surface area contributed by atoms with Gasteiger partial charge in [-0.05, 0) is 49.1 Å². The van der Waals surface area contributed by atoms with Crippen LogP contribution in [0.3, 0.4) is 0 Å². The van der Waals surface area contributed by atoms with Crippen LogP contribution in [0.1, 0.15) is 35.9 Å². The summed E-state index contributed by atoms with van der Waals surface area (Å²) in [5.74, 6) is 1.42. The van der Waals surface area contributed by atoms with Gasteiger partial charge in [0.15, 0.2) is 0 Å². The molecule has 3 aromatic rings. The largest absolute Gasteiger partial charge is 0.352 e. The molecule has 1 saturated heterocycles. The number of nitrogens with zero attached hydrogens (tertiary/aromatic N) is 3. The average Bonchev–Trinajstić information content (AvgIpc) is 3.11. The van der Waals surface area contributed by atoms with E-state index in [9.17, 15) is 9.59 Å². The smallest absolute Gasteiger partial charge is 0.251 e. The molecule has 0 spiro atoms. The van der Waals surface area contributed by atoms with Gasteiger partial charge >= 0.3 is 0 Å². The van der Waals surface area contributed by atoms with Gasteiger partial charge in [-0.15, -0.1) is 0 Å². The minimum atomic E-state index is -0.177. The minimum absolute atomic E-state index is 0.124. The number of amides is 2. The van der Waals surface area contributed by atoms with Gasteiger partial charge in [0.1, 0.15) is 12.4 Å². The van der Waals surface area contributed by atoms with Gasteiger partial charge < -0.3 is 14.8 Å². The Bertz CT molecular complexity index is 1090. The number of hydrogen-bond acceptors (Lipinski definition) is 3. The molecule has 1 aromatic heterocycles. The fourth-order valence-corrected chi connectivity index (χ4v) is 4.20. The molecular weight excluding hydrogens is 412 g/mol. The second-order valence-electron chi connectivity index (χ2n) is 8.18. The number of nitrogens with one attached hydrogen (secondary N) is 1. The highest BCUT2D eigenvalue weighted by molar-refractivity contribution is 6.30. The first-order chi connectivity index (χ1) is 15.0. The molecule has 2 amide bonds. The first kappa shape index (κ1) is 21.4. The number of imidazole rings is 1. The van der Waals surface area contributed by atoms with Crippen LogP contribution in [0, 0.1) is 5.92 Å². The number of benzene rings is 2. The predicted octanol–water partition coefficient (Wildman–Crippen LogP) is 3.92. The molecule has 0 aliphatic carbocycles. The molecule has 7 heteroatoms. The molecule has 1 aliphatic rings. The fraction of sp³-hybridized carbons (Fsp3) is 0.375. The van der Waals surface area contributed by atoms with Crippen molar-refractivity contribution in [3.63, 3.8) is 0 Å². The van der Waals surface area contributed by atoms with E-state index in [2.05, 4.69) is 12.2 Å². The number of hydrogen-bond donors (Lipinski definition) is 1. The monoisotopic (exact) mass is 438 g/mol. The molecule has 0 unspecified atom stereocenters. The van der Waals surface area contributed by atoms with E-state index in [-0.39, 0.29) is 18.4 Å². The van der Waals surface area contributed by atoms with Gasteiger partial charge in [0.05, 0.1) is 11.0 Å². The van der Waals surface area contributed by atoms with E-state index >= 15 is 0 Å². The first-order valence-corrected chi connectivity index (χ1v) is 11.1. The minimum Gasteiger partial charge on any atom is -0.352 e. The van der Waals surface area contributed by atoms with E-state index < -0.39 is 0 Å². The highest BCUT2D eigenvalue weighted by Crippen LogP contribution is 2.20. The summed E-state index contributed by atoms with van der Waals surface area (Å²) in [5.41, 5.74) is 2.33. The SMILES string of the molecule is CC1CCN(C(=O)Cn2c(CCNC(=O)c3cccc(Cl)c3)nc3ccccc32)CC1. The molecule has 1 aliphatic heterocycles. The van der Waals surface area contributed by atoms with Crippen LogP contribution in [0.5, 0.6) is 0 Å². The van der Waals surface area contributed by atoms with Gasteiger partial charge in [0.25, 0.3) is 5.91 Å². The zero-order valence-corrected chi connectivity index (χ0v) is 18.4. The Morgan fingerprint density at radius 1 is 1.13 bits per heavy atom. The third-order valence-electron chi connectivity index (χ3n) is 5.88. The highest BCUT2D eigenvalue weighted by atomic mass is 35.5. The fourth-order valence-electron chi connectivity index (χ4n) is 4.01. The molecule has 0 saturated carbocycles. The topological polar surface area (TPSA) is 67.2 Å². The van der Waals surface area contributed by atoms with Gasteiger partial charge in [0.2, 0.25) is 5.91 Å². The lowest BCUT2D eigenvalue weighted by Crippen LogP contribution is -2.40. The number of carbonyl (C=O) groups is 2. The highest BCUT2D eigenvalue weighted by Gasteiger charge is 2.22. The van der Waals surface area contributed by atoms with Gasteiger partial charge in [0, 0.05) is 36.6 Å². The van der Waals surface area contributed by atoms with Crippen LogP contribution in [-0.4, -0.2) is 45.9 Å². The Morgan fingerprint density at radius 3 is 2.68 bits per heavy atom. The summed E-state index contributed by atoms with van der Waals surface area (Å²) in [4.78, 5) is 32.0. The van der Waals surface area contributed by atoms with E-state index in [0.717, 1.165) is 42.8 Å². The Labute approximate surface area is 187 Å². The Morgan fingerprint density at radius 2 is 1.90 bits per heavy atom. The van der Waals surface area contributed by atoms with Crippen LogP contribution in [0.25, 0.3) is 11.0 Å². The number of fused-ring (bicyclic) bond motifs is 1. The zero-order chi connectivity index (χ0) is 21.8. The van der Waals surface area contributed by atoms with Crippen molar-refractivity contribution in [2.45, 2.75) is 32.7 Å². The van der Waals surface area contributed by atoms with Crippen LogP contribution in [0.4, 0.5) is 0 Å². The second-order valence-corrected chi connectivity index (χ2v) is 8.62. The lowest BCUT2D eigenvalue weighted by atomic mass is 9.99. The molecule has 0 atom stereocenters. The number of aromatic nitrogens is 2. The maximum absolute atomic E-state index is 13.0. The maximum atomic E-state index is 13.0. The Hall–Kier alpha value is -2.86. The zero-order valence-electron chi connectivity index (χ0n) is 17.7. The van der Waals surface area contributed by atoms with Gasteiger partial charge in [-0.3, -0.25) is 9.59 Å². The lowest BCUT2D eigenvalue weighted by Gasteiger charge is -2.30. The number of rotatable bonds is 6.